The van der Waals surface area contributed by atoms with Crippen LogP contribution in [0.1, 0.15) is 49.2 Å². The fourth-order valence-electron chi connectivity index (χ4n) is 4.04. The molecule has 4 amide bonds. The molecule has 39 heavy (non-hydrogen) atoms. The van der Waals surface area contributed by atoms with Crippen molar-refractivity contribution in [3.63, 3.8) is 0 Å². The van der Waals surface area contributed by atoms with Gasteiger partial charge in [-0.1, -0.05) is 19.1 Å². The van der Waals surface area contributed by atoms with Crippen LogP contribution in [0.15, 0.2) is 59.8 Å². The van der Waals surface area contributed by atoms with Crippen LogP contribution < -0.4 is 16.0 Å². The van der Waals surface area contributed by atoms with Crippen molar-refractivity contribution < 1.29 is 33.4 Å². The Kier molecular flexibility index (Phi) is 10.4. The summed E-state index contributed by atoms with van der Waals surface area (Å²) in [4.78, 5) is 51.6. The molecule has 2 aromatic carbocycles. The van der Waals surface area contributed by atoms with E-state index < -0.39 is 24.0 Å². The van der Waals surface area contributed by atoms with E-state index in [-0.39, 0.29) is 25.9 Å². The summed E-state index contributed by atoms with van der Waals surface area (Å²) >= 11 is 0. The summed E-state index contributed by atoms with van der Waals surface area (Å²) in [6.45, 7) is 6.49. The maximum atomic E-state index is 13.0. The van der Waals surface area contributed by atoms with Gasteiger partial charge >= 0.3 is 24.0 Å². The van der Waals surface area contributed by atoms with E-state index in [1.54, 1.807) is 62.4 Å². The summed E-state index contributed by atoms with van der Waals surface area (Å²) in [5, 5.41) is 8.33. The highest BCUT2D eigenvalue weighted by molar-refractivity contribution is 6.00. The lowest BCUT2D eigenvalue weighted by Gasteiger charge is -2.35. The minimum Gasteiger partial charge on any atom is -0.462 e. The Morgan fingerprint density at radius 2 is 1.51 bits per heavy atom. The molecule has 1 heterocycles. The van der Waals surface area contributed by atoms with Crippen LogP contribution in [0.3, 0.4) is 0 Å². The number of amides is 4. The number of hydrogen-bond donors (Lipinski definition) is 3. The first-order chi connectivity index (χ1) is 18.8. The minimum atomic E-state index is -0.721. The molecule has 0 unspecified atom stereocenters. The standard InChI is InChI=1S/C28H34N4O7/c1-5-15-32-18(3)23(26(34)39-17-16-37-4)24(31-28(32)36)19-7-11-21(12-8-19)29-27(35)30-22-13-9-20(10-14-22)25(33)38-6-2/h7-14,24H,5-6,15-17H2,1-4H3,(H,31,36)(H2,29,30,35)/t24-/m0/s1. The number of hydrogen-bond acceptors (Lipinski definition) is 7. The molecule has 11 nitrogen and oxygen atoms in total. The molecular formula is C28H34N4O7. The van der Waals surface area contributed by atoms with Gasteiger partial charge in [-0.2, -0.15) is 0 Å². The molecule has 0 aromatic heterocycles. The highest BCUT2D eigenvalue weighted by atomic mass is 16.6. The molecule has 1 aliphatic heterocycles. The molecule has 1 aliphatic rings. The van der Waals surface area contributed by atoms with E-state index in [4.69, 9.17) is 14.2 Å². The second-order valence-electron chi connectivity index (χ2n) is 8.66. The molecule has 0 aliphatic carbocycles. The highest BCUT2D eigenvalue weighted by Crippen LogP contribution is 2.32. The van der Waals surface area contributed by atoms with Crippen molar-refractivity contribution in [2.24, 2.45) is 0 Å². The van der Waals surface area contributed by atoms with Crippen molar-refractivity contribution in [2.75, 3.05) is 44.1 Å². The van der Waals surface area contributed by atoms with Crippen molar-refractivity contribution in [1.82, 2.24) is 10.2 Å². The number of esters is 2. The first-order valence-corrected chi connectivity index (χ1v) is 12.7. The molecule has 3 N–H and O–H groups in total. The number of carbonyl (C=O) groups is 4. The third-order valence-electron chi connectivity index (χ3n) is 5.94. The van der Waals surface area contributed by atoms with Crippen molar-refractivity contribution in [3.8, 4) is 0 Å². The van der Waals surface area contributed by atoms with Crippen molar-refractivity contribution >= 4 is 35.4 Å². The lowest BCUT2D eigenvalue weighted by molar-refractivity contribution is -0.140. The third-order valence-corrected chi connectivity index (χ3v) is 5.94. The summed E-state index contributed by atoms with van der Waals surface area (Å²) in [6.07, 6.45) is 0.722. The quantitative estimate of drug-likeness (QED) is 0.284. The van der Waals surface area contributed by atoms with Crippen LogP contribution in [0.25, 0.3) is 0 Å². The molecule has 1 atom stereocenters. The van der Waals surface area contributed by atoms with Crippen LogP contribution in [-0.2, 0) is 19.0 Å². The fraction of sp³-hybridized carbons (Fsp3) is 0.357. The first-order valence-electron chi connectivity index (χ1n) is 12.7. The maximum Gasteiger partial charge on any atom is 0.338 e. The molecule has 0 bridgehead atoms. The Hall–Kier alpha value is -4.38. The van der Waals surface area contributed by atoms with Crippen LogP contribution in [0, 0.1) is 0 Å². The van der Waals surface area contributed by atoms with Gasteiger partial charge in [0.15, 0.2) is 0 Å². The molecule has 0 saturated carbocycles. The molecular weight excluding hydrogens is 504 g/mol. The molecule has 2 aromatic rings. The molecule has 0 spiro atoms. The van der Waals surface area contributed by atoms with Gasteiger partial charge in [-0.3, -0.25) is 4.90 Å². The monoisotopic (exact) mass is 538 g/mol. The predicted octanol–water partition coefficient (Wildman–Crippen LogP) is 4.45. The molecule has 208 valence electrons. The fourth-order valence-corrected chi connectivity index (χ4v) is 4.04. The van der Waals surface area contributed by atoms with E-state index >= 15 is 0 Å². The lowest BCUT2D eigenvalue weighted by Crippen LogP contribution is -2.48. The van der Waals surface area contributed by atoms with Crippen molar-refractivity contribution in [1.29, 1.82) is 0 Å². The van der Waals surface area contributed by atoms with E-state index in [2.05, 4.69) is 16.0 Å². The Labute approximate surface area is 227 Å². The van der Waals surface area contributed by atoms with E-state index in [0.717, 1.165) is 6.42 Å². The summed E-state index contributed by atoms with van der Waals surface area (Å²) < 4.78 is 15.3. The topological polar surface area (TPSA) is 135 Å². The molecule has 0 radical (unpaired) electrons. The Balaban J connectivity index is 1.72. The van der Waals surface area contributed by atoms with E-state index in [1.807, 2.05) is 6.92 Å². The third kappa shape index (κ3) is 7.57. The van der Waals surface area contributed by atoms with E-state index in [0.29, 0.717) is 40.3 Å². The van der Waals surface area contributed by atoms with Crippen molar-refractivity contribution in [3.05, 3.63) is 70.9 Å². The zero-order chi connectivity index (χ0) is 28.4. The second-order valence-corrected chi connectivity index (χ2v) is 8.66. The molecule has 11 heteroatoms. The van der Waals surface area contributed by atoms with Crippen molar-refractivity contribution in [2.45, 2.75) is 33.2 Å². The van der Waals surface area contributed by atoms with Gasteiger partial charge in [-0.25, -0.2) is 19.2 Å². The number of urea groups is 2. The zero-order valence-corrected chi connectivity index (χ0v) is 22.5. The van der Waals surface area contributed by atoms with Gasteiger partial charge in [-0.05, 0) is 62.2 Å². The number of nitrogens with one attached hydrogen (secondary N) is 3. The average molecular weight is 539 g/mol. The largest absolute Gasteiger partial charge is 0.462 e. The predicted molar refractivity (Wildman–Crippen MR) is 145 cm³/mol. The lowest BCUT2D eigenvalue weighted by atomic mass is 9.94. The minimum absolute atomic E-state index is 0.0874. The maximum absolute atomic E-state index is 13.0. The summed E-state index contributed by atoms with van der Waals surface area (Å²) in [6, 6.07) is 11.6. The summed E-state index contributed by atoms with van der Waals surface area (Å²) in [7, 11) is 1.52. The number of nitrogens with zero attached hydrogens (tertiary/aromatic N) is 1. The van der Waals surface area contributed by atoms with Gasteiger partial charge in [-0.15, -0.1) is 0 Å². The summed E-state index contributed by atoms with van der Waals surface area (Å²) in [5.74, 6) is -0.969. The van der Waals surface area contributed by atoms with Gasteiger partial charge in [0, 0.05) is 30.7 Å². The number of carbonyl (C=O) groups excluding carboxylic acids is 4. The highest BCUT2D eigenvalue weighted by Gasteiger charge is 2.36. The SMILES string of the molecule is CCCN1C(=O)N[C@@H](c2ccc(NC(=O)Nc3ccc(C(=O)OCC)cc3)cc2)C(C(=O)OCCOC)=C1C. The second kappa shape index (κ2) is 14.0. The number of rotatable bonds is 11. The smallest absolute Gasteiger partial charge is 0.338 e. The molecule has 3 rings (SSSR count). The number of allylic oxidation sites excluding steroid dienone is 1. The average Bonchev–Trinajstić information content (AvgIpc) is 2.91. The van der Waals surface area contributed by atoms with Gasteiger partial charge in [0.25, 0.3) is 0 Å². The number of ether oxygens (including phenoxy) is 3. The normalized spacial score (nSPS) is 14.9. The Morgan fingerprint density at radius 1 is 0.897 bits per heavy atom. The zero-order valence-electron chi connectivity index (χ0n) is 22.5. The van der Waals surface area contributed by atoms with Gasteiger partial charge in [0.05, 0.1) is 30.4 Å². The number of methoxy groups -OCH3 is 1. The summed E-state index contributed by atoms with van der Waals surface area (Å²) in [5.41, 5.74) is 2.90. The Bertz CT molecular complexity index is 1210. The van der Waals surface area contributed by atoms with Gasteiger partial charge in [0.1, 0.15) is 6.61 Å². The van der Waals surface area contributed by atoms with E-state index in [9.17, 15) is 19.2 Å². The van der Waals surface area contributed by atoms with Crippen LogP contribution in [0.2, 0.25) is 0 Å². The number of anilines is 2. The Morgan fingerprint density at radius 3 is 2.08 bits per heavy atom. The van der Waals surface area contributed by atoms with E-state index in [1.165, 1.54) is 12.0 Å². The van der Waals surface area contributed by atoms with Crippen LogP contribution in [-0.4, -0.2) is 62.4 Å². The van der Waals surface area contributed by atoms with Gasteiger partial charge < -0.3 is 30.2 Å². The van der Waals surface area contributed by atoms with Crippen LogP contribution in [0.4, 0.5) is 21.0 Å². The van der Waals surface area contributed by atoms with Crippen LogP contribution in [0.5, 0.6) is 0 Å². The number of benzene rings is 2. The molecule has 0 fully saturated rings. The molecule has 0 saturated heterocycles. The van der Waals surface area contributed by atoms with Crippen LogP contribution >= 0.6 is 0 Å². The first kappa shape index (κ1) is 29.2. The van der Waals surface area contributed by atoms with Gasteiger partial charge in [0.2, 0.25) is 0 Å².